The molecule has 0 bridgehead atoms. The molecule has 1 saturated heterocycles. The van der Waals surface area contributed by atoms with Gasteiger partial charge in [0, 0.05) is 13.0 Å². The lowest BCUT2D eigenvalue weighted by atomic mass is 9.99. The minimum Gasteiger partial charge on any atom is -0.457 e. The van der Waals surface area contributed by atoms with Crippen molar-refractivity contribution in [2.75, 3.05) is 26.4 Å². The van der Waals surface area contributed by atoms with Gasteiger partial charge >= 0.3 is 16.4 Å². The summed E-state index contributed by atoms with van der Waals surface area (Å²) in [6, 6.07) is 0. The number of aliphatic hydroxyl groups is 3. The molecule has 12 nitrogen and oxygen atoms in total. The Hall–Kier alpha value is -1.42. The third-order valence-electron chi connectivity index (χ3n) is 14.0. The third kappa shape index (κ3) is 42.8. The van der Waals surface area contributed by atoms with Crippen molar-refractivity contribution in [1.82, 2.24) is 0 Å². The lowest BCUT2D eigenvalue weighted by Crippen LogP contribution is -2.60. The maximum Gasteiger partial charge on any atom is 0.397 e. The summed E-state index contributed by atoms with van der Waals surface area (Å²) in [6.07, 6.45) is 52.2. The summed E-state index contributed by atoms with van der Waals surface area (Å²) in [6.45, 7) is 4.05. The average Bonchev–Trinajstić information content (AvgIpc) is 3.36. The van der Waals surface area contributed by atoms with Crippen LogP contribution in [0.4, 0.5) is 0 Å². The molecule has 1 heterocycles. The molecule has 0 amide bonds. The fraction of sp³-hybridized carbons (Fsp3) is 0.915. The fourth-order valence-electron chi connectivity index (χ4n) is 9.49. The Labute approximate surface area is 441 Å². The molecule has 6 unspecified atom stereocenters. The SMILES string of the molecule is CCCCCCCC/C=C\CCCCCCCCCCCC(=O)OC(COCCCCCCCCCCCCCCCC/C=C\CCCCCCCCCC)COC1OC(CO)C(O)C(OS(=O)(=O)O)C1O. The van der Waals surface area contributed by atoms with E-state index in [0.717, 1.165) is 38.5 Å². The van der Waals surface area contributed by atoms with E-state index in [4.69, 9.17) is 18.9 Å². The molecule has 426 valence electrons. The Morgan fingerprint density at radius 3 is 1.25 bits per heavy atom. The van der Waals surface area contributed by atoms with Crippen LogP contribution in [0.3, 0.4) is 0 Å². The number of carbonyl (C=O) groups excluding carboxylic acids is 1. The van der Waals surface area contributed by atoms with Gasteiger partial charge in [-0.1, -0.05) is 237 Å². The highest BCUT2D eigenvalue weighted by Crippen LogP contribution is 2.26. The molecule has 1 aliphatic heterocycles. The van der Waals surface area contributed by atoms with Gasteiger partial charge in [0.05, 0.1) is 19.8 Å². The van der Waals surface area contributed by atoms with Crippen LogP contribution in [0.1, 0.15) is 284 Å². The monoisotopic (exact) mass is 1040 g/mol. The van der Waals surface area contributed by atoms with Gasteiger partial charge < -0.3 is 34.3 Å². The standard InChI is InChI=1S/C59H112O12S/c1-3-5-7-9-11-13-15-17-19-21-23-24-25-26-27-28-29-31-33-35-37-39-41-43-45-47-49-67-51-53(52-68-59-57(63)58(71-72(64,65)66)56(62)54(50-60)70-59)69-55(61)48-46-44-42-40-38-36-34-32-30-22-20-18-16-14-12-10-8-6-4-2/h18,20-21,23,53-54,56-60,62-63H,3-17,19,22,24-52H2,1-2H3,(H,64,65,66)/b20-18-,23-21-. The van der Waals surface area contributed by atoms with Crippen molar-refractivity contribution >= 4 is 16.4 Å². The Morgan fingerprint density at radius 1 is 0.514 bits per heavy atom. The normalized spacial score (nSPS) is 19.0. The van der Waals surface area contributed by atoms with E-state index >= 15 is 0 Å². The van der Waals surface area contributed by atoms with E-state index in [0.29, 0.717) is 13.0 Å². The van der Waals surface area contributed by atoms with Crippen molar-refractivity contribution in [3.8, 4) is 0 Å². The number of unbranched alkanes of at least 4 members (excludes halogenated alkanes) is 37. The molecule has 6 atom stereocenters. The van der Waals surface area contributed by atoms with Gasteiger partial charge in [-0.05, 0) is 64.2 Å². The Kier molecular flexibility index (Phi) is 48.0. The summed E-state index contributed by atoms with van der Waals surface area (Å²) in [7, 11) is -5.07. The van der Waals surface area contributed by atoms with Crippen LogP contribution in [0.15, 0.2) is 24.3 Å². The molecule has 1 rings (SSSR count). The van der Waals surface area contributed by atoms with Gasteiger partial charge in [-0.3, -0.25) is 9.35 Å². The lowest BCUT2D eigenvalue weighted by Gasteiger charge is -2.41. The van der Waals surface area contributed by atoms with Crippen molar-refractivity contribution < 1.29 is 56.2 Å². The zero-order valence-corrected chi connectivity index (χ0v) is 47.1. The predicted molar refractivity (Wildman–Crippen MR) is 294 cm³/mol. The molecule has 0 saturated carbocycles. The van der Waals surface area contributed by atoms with Gasteiger partial charge in [0.1, 0.15) is 30.5 Å². The number of carbonyl (C=O) groups is 1. The molecule has 72 heavy (non-hydrogen) atoms. The molecule has 13 heteroatoms. The smallest absolute Gasteiger partial charge is 0.397 e. The van der Waals surface area contributed by atoms with E-state index in [-0.39, 0.29) is 19.6 Å². The first-order chi connectivity index (χ1) is 35.1. The van der Waals surface area contributed by atoms with E-state index in [1.807, 2.05) is 0 Å². The Balaban J connectivity index is 2.26. The van der Waals surface area contributed by atoms with Crippen LogP contribution in [0, 0.1) is 0 Å². The minimum absolute atomic E-state index is 0.0395. The summed E-state index contributed by atoms with van der Waals surface area (Å²) >= 11 is 0. The zero-order valence-electron chi connectivity index (χ0n) is 46.3. The van der Waals surface area contributed by atoms with E-state index in [1.54, 1.807) is 0 Å². The van der Waals surface area contributed by atoms with Crippen molar-refractivity contribution in [2.24, 2.45) is 0 Å². The van der Waals surface area contributed by atoms with Crippen molar-refractivity contribution in [3.05, 3.63) is 24.3 Å². The molecule has 0 aromatic heterocycles. The number of aliphatic hydroxyl groups excluding tert-OH is 3. The van der Waals surface area contributed by atoms with Crippen LogP contribution in [0.2, 0.25) is 0 Å². The highest BCUT2D eigenvalue weighted by Gasteiger charge is 2.48. The number of ether oxygens (including phenoxy) is 4. The Bertz CT molecular complexity index is 1340. The number of allylic oxidation sites excluding steroid dienone is 4. The highest BCUT2D eigenvalue weighted by atomic mass is 32.3. The molecule has 0 spiro atoms. The van der Waals surface area contributed by atoms with Gasteiger partial charge in [0.2, 0.25) is 0 Å². The first-order valence-corrected chi connectivity index (χ1v) is 31.5. The van der Waals surface area contributed by atoms with Crippen LogP contribution in [-0.2, 0) is 38.3 Å². The molecule has 1 fully saturated rings. The largest absolute Gasteiger partial charge is 0.457 e. The molecular formula is C59H112O12S. The van der Waals surface area contributed by atoms with Gasteiger partial charge in [-0.15, -0.1) is 0 Å². The van der Waals surface area contributed by atoms with Crippen LogP contribution in [0.25, 0.3) is 0 Å². The summed E-state index contributed by atoms with van der Waals surface area (Å²) in [4.78, 5) is 13.0. The lowest BCUT2D eigenvalue weighted by molar-refractivity contribution is -0.301. The van der Waals surface area contributed by atoms with Crippen molar-refractivity contribution in [2.45, 2.75) is 320 Å². The summed E-state index contributed by atoms with van der Waals surface area (Å²) in [5.74, 6) is -0.396. The highest BCUT2D eigenvalue weighted by molar-refractivity contribution is 7.80. The first kappa shape index (κ1) is 68.6. The molecule has 4 N–H and O–H groups in total. The molecule has 0 aromatic carbocycles. The summed E-state index contributed by atoms with van der Waals surface area (Å²) in [5, 5.41) is 30.9. The summed E-state index contributed by atoms with van der Waals surface area (Å²) < 4.78 is 59.5. The Morgan fingerprint density at radius 2 is 0.875 bits per heavy atom. The molecule has 1 aliphatic rings. The first-order valence-electron chi connectivity index (χ1n) is 30.1. The maximum absolute atomic E-state index is 13.0. The van der Waals surface area contributed by atoms with E-state index < -0.39 is 59.8 Å². The number of esters is 1. The molecule has 0 aliphatic carbocycles. The topological polar surface area (TPSA) is 178 Å². The van der Waals surface area contributed by atoms with Gasteiger partial charge in [0.25, 0.3) is 0 Å². The van der Waals surface area contributed by atoms with Crippen molar-refractivity contribution in [1.29, 1.82) is 0 Å². The van der Waals surface area contributed by atoms with E-state index in [1.165, 1.54) is 218 Å². The second-order valence-electron chi connectivity index (χ2n) is 20.9. The van der Waals surface area contributed by atoms with E-state index in [9.17, 15) is 33.1 Å². The average molecular weight is 1050 g/mol. The molecule has 0 radical (unpaired) electrons. The summed E-state index contributed by atoms with van der Waals surface area (Å²) in [5.41, 5.74) is 0. The van der Waals surface area contributed by atoms with Crippen LogP contribution in [0.5, 0.6) is 0 Å². The number of rotatable bonds is 54. The second-order valence-corrected chi connectivity index (χ2v) is 22.0. The number of hydrogen-bond acceptors (Lipinski definition) is 11. The zero-order chi connectivity index (χ0) is 52.4. The van der Waals surface area contributed by atoms with Gasteiger partial charge in [-0.2, -0.15) is 8.42 Å². The van der Waals surface area contributed by atoms with Crippen LogP contribution >= 0.6 is 0 Å². The molecule has 0 aromatic rings. The quantitative estimate of drug-likeness (QED) is 0.0196. The van der Waals surface area contributed by atoms with E-state index in [2.05, 4.69) is 42.3 Å². The molecular weight excluding hydrogens is 933 g/mol. The fourth-order valence-corrected chi connectivity index (χ4v) is 10.00. The third-order valence-corrected chi connectivity index (χ3v) is 14.5. The van der Waals surface area contributed by atoms with Crippen LogP contribution < -0.4 is 0 Å². The van der Waals surface area contributed by atoms with Gasteiger partial charge in [-0.25, -0.2) is 4.18 Å². The van der Waals surface area contributed by atoms with Gasteiger partial charge in [0.15, 0.2) is 6.29 Å². The maximum atomic E-state index is 13.0. The van der Waals surface area contributed by atoms with Crippen molar-refractivity contribution in [3.63, 3.8) is 0 Å². The minimum atomic E-state index is -5.07. The van der Waals surface area contributed by atoms with Crippen LogP contribution in [-0.4, -0.2) is 97.5 Å². The number of hydrogen-bond donors (Lipinski definition) is 4. The predicted octanol–water partition coefficient (Wildman–Crippen LogP) is 15.1. The second kappa shape index (κ2) is 50.4.